The number of aliphatic hydroxyl groups excluding tert-OH is 1. The highest BCUT2D eigenvalue weighted by Gasteiger charge is 2.60. The summed E-state index contributed by atoms with van der Waals surface area (Å²) in [6.07, 6.45) is -8.16. The van der Waals surface area contributed by atoms with E-state index in [0.29, 0.717) is 11.8 Å². The number of rotatable bonds is 5. The molecule has 0 unspecified atom stereocenters. The number of aliphatic imine (C=N–C) groups is 1. The van der Waals surface area contributed by atoms with E-state index in [4.69, 9.17) is 10.4 Å². The van der Waals surface area contributed by atoms with Crippen molar-refractivity contribution in [2.45, 2.75) is 18.5 Å². The highest BCUT2D eigenvalue weighted by Crippen LogP contribution is 2.41. The third kappa shape index (κ3) is 7.12. The summed E-state index contributed by atoms with van der Waals surface area (Å²) in [7, 11) is 0. The Kier molecular flexibility index (Phi) is 8.46. The van der Waals surface area contributed by atoms with Gasteiger partial charge in [0.1, 0.15) is 4.38 Å². The molecule has 0 saturated carbocycles. The van der Waals surface area contributed by atoms with Gasteiger partial charge in [-0.3, -0.25) is 0 Å². The topological polar surface area (TPSA) is 56.4 Å². The summed E-state index contributed by atoms with van der Waals surface area (Å²) in [5, 5.41) is 17.1. The van der Waals surface area contributed by atoms with E-state index in [1.165, 1.54) is 6.19 Å². The number of nitriles is 1. The third-order valence-electron chi connectivity index (χ3n) is 1.84. The van der Waals surface area contributed by atoms with Crippen LogP contribution in [0.4, 0.5) is 35.1 Å². The minimum Gasteiger partial charge on any atom is -0.506 e. The molecular formula is C10H6F8N2OS2. The Hall–Kier alpha value is -1.42. The Balaban J connectivity index is 4.87. The molecule has 3 nitrogen and oxygen atoms in total. The molecule has 0 aromatic carbocycles. The average Bonchev–Trinajstić information content (AvgIpc) is 2.42. The van der Waals surface area contributed by atoms with Gasteiger partial charge in [0, 0.05) is 17.6 Å². The molecule has 0 spiro atoms. The van der Waals surface area contributed by atoms with Gasteiger partial charge in [-0.15, -0.1) is 0 Å². The van der Waals surface area contributed by atoms with E-state index in [9.17, 15) is 35.1 Å². The van der Waals surface area contributed by atoms with Gasteiger partial charge < -0.3 is 5.11 Å². The van der Waals surface area contributed by atoms with Crippen molar-refractivity contribution >= 4 is 27.9 Å². The molecule has 0 amide bonds. The predicted molar refractivity (Wildman–Crippen MR) is 69.8 cm³/mol. The monoisotopic (exact) mass is 386 g/mol. The van der Waals surface area contributed by atoms with E-state index in [1.54, 1.807) is 0 Å². The predicted octanol–water partition coefficient (Wildman–Crippen LogP) is 5.35. The lowest BCUT2D eigenvalue weighted by atomic mass is 10.3. The average molecular weight is 386 g/mol. The maximum absolute atomic E-state index is 12.7. The van der Waals surface area contributed by atoms with Crippen molar-refractivity contribution in [3.8, 4) is 6.19 Å². The zero-order chi connectivity index (χ0) is 18.3. The van der Waals surface area contributed by atoms with Crippen molar-refractivity contribution < 1.29 is 40.2 Å². The molecule has 0 bridgehead atoms. The second-order valence-electron chi connectivity index (χ2n) is 3.43. The smallest absolute Gasteiger partial charge is 0.461 e. The van der Waals surface area contributed by atoms with Crippen LogP contribution in [0.2, 0.25) is 0 Å². The third-order valence-corrected chi connectivity index (χ3v) is 3.87. The zero-order valence-corrected chi connectivity index (χ0v) is 12.3. The van der Waals surface area contributed by atoms with E-state index < -0.39 is 40.6 Å². The van der Waals surface area contributed by atoms with E-state index in [2.05, 4.69) is 4.99 Å². The first-order valence-corrected chi connectivity index (χ1v) is 7.10. The van der Waals surface area contributed by atoms with Crippen LogP contribution in [0, 0.1) is 11.5 Å². The Labute approximate surface area is 132 Å². The molecule has 0 rings (SSSR count). The SMILES string of the molecule is N#CN=C(S/C=C(\O)C(F)(F)C(F)(F)F)SCCC(F)=C(F)F. The van der Waals surface area contributed by atoms with E-state index in [-0.39, 0.29) is 22.9 Å². The highest BCUT2D eigenvalue weighted by atomic mass is 32.2. The van der Waals surface area contributed by atoms with Crippen LogP contribution in [0.1, 0.15) is 6.42 Å². The fourth-order valence-electron chi connectivity index (χ4n) is 0.781. The minimum atomic E-state index is -6.03. The van der Waals surface area contributed by atoms with Crippen molar-refractivity contribution in [1.29, 1.82) is 5.26 Å². The van der Waals surface area contributed by atoms with E-state index in [1.807, 2.05) is 0 Å². The second kappa shape index (κ2) is 9.02. The number of allylic oxidation sites excluding steroid dienone is 2. The fraction of sp³-hybridized carbons (Fsp3) is 0.400. The molecular weight excluding hydrogens is 380 g/mol. The molecule has 0 atom stereocenters. The number of halogens is 8. The normalized spacial score (nSPS) is 13.7. The van der Waals surface area contributed by atoms with Gasteiger partial charge in [0.2, 0.25) is 6.19 Å². The Morgan fingerprint density at radius 1 is 1.17 bits per heavy atom. The second-order valence-corrected chi connectivity index (χ2v) is 5.63. The van der Waals surface area contributed by atoms with Crippen molar-refractivity contribution in [1.82, 2.24) is 0 Å². The number of nitrogens with zero attached hydrogens (tertiary/aromatic N) is 2. The Bertz CT molecular complexity index is 546. The molecule has 0 aliphatic carbocycles. The first-order valence-electron chi connectivity index (χ1n) is 5.23. The zero-order valence-electron chi connectivity index (χ0n) is 10.7. The largest absolute Gasteiger partial charge is 0.506 e. The number of alkyl halides is 5. The van der Waals surface area contributed by atoms with Crippen LogP contribution >= 0.6 is 23.5 Å². The number of thioether (sulfide) groups is 2. The molecule has 0 saturated heterocycles. The van der Waals surface area contributed by atoms with Gasteiger partial charge >= 0.3 is 18.2 Å². The molecule has 1 N–H and O–H groups in total. The lowest BCUT2D eigenvalue weighted by Gasteiger charge is -2.18. The lowest BCUT2D eigenvalue weighted by Crippen LogP contribution is -2.38. The molecule has 13 heteroatoms. The molecule has 0 aromatic heterocycles. The van der Waals surface area contributed by atoms with Crippen LogP contribution in [0.3, 0.4) is 0 Å². The van der Waals surface area contributed by atoms with Crippen LogP contribution in [0.25, 0.3) is 0 Å². The Morgan fingerprint density at radius 3 is 2.17 bits per heavy atom. The van der Waals surface area contributed by atoms with E-state index >= 15 is 0 Å². The van der Waals surface area contributed by atoms with Crippen LogP contribution in [-0.4, -0.2) is 27.3 Å². The van der Waals surface area contributed by atoms with Gasteiger partial charge in [-0.05, 0) is 0 Å². The van der Waals surface area contributed by atoms with Crippen molar-refractivity contribution in [3.05, 3.63) is 23.1 Å². The van der Waals surface area contributed by atoms with Crippen molar-refractivity contribution in [2.75, 3.05) is 5.75 Å². The molecule has 0 radical (unpaired) electrons. The fourth-order valence-corrected chi connectivity index (χ4v) is 2.46. The summed E-state index contributed by atoms with van der Waals surface area (Å²) >= 11 is 0.483. The van der Waals surface area contributed by atoms with Gasteiger partial charge in [-0.25, -0.2) is 4.39 Å². The summed E-state index contributed by atoms with van der Waals surface area (Å²) in [5.74, 6) is -9.96. The van der Waals surface area contributed by atoms with Crippen molar-refractivity contribution in [3.63, 3.8) is 0 Å². The van der Waals surface area contributed by atoms with Crippen LogP contribution in [0.15, 0.2) is 28.1 Å². The molecule has 0 aliphatic rings. The van der Waals surface area contributed by atoms with Crippen LogP contribution in [-0.2, 0) is 0 Å². The summed E-state index contributed by atoms with van der Waals surface area (Å²) in [6, 6.07) is 0. The molecule has 0 aliphatic heterocycles. The van der Waals surface area contributed by atoms with Gasteiger partial charge in [-0.1, -0.05) is 23.5 Å². The van der Waals surface area contributed by atoms with Gasteiger partial charge in [0.15, 0.2) is 11.6 Å². The summed E-state index contributed by atoms with van der Waals surface area (Å²) in [6.45, 7) is 0. The first kappa shape index (κ1) is 21.6. The Morgan fingerprint density at radius 2 is 1.74 bits per heavy atom. The summed E-state index contributed by atoms with van der Waals surface area (Å²) in [5.41, 5.74) is 0. The van der Waals surface area contributed by atoms with Crippen molar-refractivity contribution in [2.24, 2.45) is 4.99 Å². The number of aliphatic hydroxyl groups is 1. The maximum atomic E-state index is 12.7. The quantitative estimate of drug-likeness (QED) is 0.227. The standard InChI is InChI=1S/C10H6F8N2OS2/c11-5(7(12)13)1-2-22-8(20-4-19)23-3-6(21)9(14,15)10(16,17)18/h3,21H,1-2H2/b6-3-,20-8?. The minimum absolute atomic E-state index is 0.00139. The highest BCUT2D eigenvalue weighted by molar-refractivity contribution is 8.40. The molecule has 23 heavy (non-hydrogen) atoms. The van der Waals surface area contributed by atoms with Gasteiger partial charge in [0.05, 0.1) is 0 Å². The molecule has 0 aromatic rings. The number of hydrogen-bond donors (Lipinski definition) is 1. The number of hydrogen-bond acceptors (Lipinski definition) is 5. The summed E-state index contributed by atoms with van der Waals surface area (Å²) < 4.78 is 96.9. The molecule has 130 valence electrons. The first-order chi connectivity index (χ1) is 10.4. The lowest BCUT2D eigenvalue weighted by molar-refractivity contribution is -0.274. The maximum Gasteiger partial charge on any atom is 0.461 e. The van der Waals surface area contributed by atoms with Gasteiger partial charge in [0.25, 0.3) is 0 Å². The molecule has 0 heterocycles. The van der Waals surface area contributed by atoms with E-state index in [0.717, 1.165) is 0 Å². The molecule has 0 fully saturated rings. The van der Waals surface area contributed by atoms with Gasteiger partial charge in [-0.2, -0.15) is 41.0 Å². The van der Waals surface area contributed by atoms with Crippen LogP contribution in [0.5, 0.6) is 0 Å². The summed E-state index contributed by atoms with van der Waals surface area (Å²) in [4.78, 5) is 3.02. The van der Waals surface area contributed by atoms with Crippen LogP contribution < -0.4 is 0 Å².